The zero-order valence-corrected chi connectivity index (χ0v) is 19.5. The molecule has 2 N–H and O–H groups in total. The van der Waals surface area contributed by atoms with E-state index in [0.29, 0.717) is 0 Å². The zero-order valence-electron chi connectivity index (χ0n) is 17.1. The molecule has 0 radical (unpaired) electrons. The number of hydrogen-bond acceptors (Lipinski definition) is 9. The van der Waals surface area contributed by atoms with E-state index < -0.39 is 47.7 Å². The average Bonchev–Trinajstić information content (AvgIpc) is 3.19. The van der Waals surface area contributed by atoms with Crippen molar-refractivity contribution in [1.82, 2.24) is 9.84 Å². The molecule has 1 aromatic rings. The summed E-state index contributed by atoms with van der Waals surface area (Å²) in [5, 5.41) is 2.50. The number of methoxy groups -OCH3 is 1. The van der Waals surface area contributed by atoms with Gasteiger partial charge in [-0.05, 0) is 31.0 Å². The summed E-state index contributed by atoms with van der Waals surface area (Å²) < 4.78 is 80.6. The van der Waals surface area contributed by atoms with E-state index in [1.54, 1.807) is 0 Å². The van der Waals surface area contributed by atoms with Crippen LogP contribution in [0.25, 0.3) is 0 Å². The van der Waals surface area contributed by atoms with Gasteiger partial charge in [-0.3, -0.25) is 4.79 Å². The molecule has 2 atom stereocenters. The predicted molar refractivity (Wildman–Crippen MR) is 114 cm³/mol. The fraction of sp³-hybridized carbons (Fsp3) is 0.588. The minimum atomic E-state index is -4.29. The number of carbonyl (C=O) groups excluding carboxylic acids is 1. The van der Waals surface area contributed by atoms with Gasteiger partial charge in [-0.2, -0.15) is 0 Å². The molecule has 174 valence electrons. The first-order valence-electron chi connectivity index (χ1n) is 9.50. The molecule has 31 heavy (non-hydrogen) atoms. The van der Waals surface area contributed by atoms with Crippen molar-refractivity contribution in [3.63, 3.8) is 0 Å². The van der Waals surface area contributed by atoms with Crippen LogP contribution in [-0.4, -0.2) is 77.8 Å². The maximum atomic E-state index is 13.5. The summed E-state index contributed by atoms with van der Waals surface area (Å²) >= 11 is 0. The number of hydrogen-bond donors (Lipinski definition) is 2. The van der Waals surface area contributed by atoms with Gasteiger partial charge in [-0.1, -0.05) is 0 Å². The summed E-state index contributed by atoms with van der Waals surface area (Å²) in [4.78, 5) is 11.3. The number of benzene rings is 1. The Morgan fingerprint density at radius 3 is 2.26 bits per heavy atom. The highest BCUT2D eigenvalue weighted by atomic mass is 32.2. The summed E-state index contributed by atoms with van der Waals surface area (Å²) in [5.74, 6) is -1.02. The lowest BCUT2D eigenvalue weighted by molar-refractivity contribution is -0.114. The van der Waals surface area contributed by atoms with Crippen molar-refractivity contribution in [2.24, 2.45) is 0 Å². The van der Waals surface area contributed by atoms with E-state index in [-0.39, 0.29) is 52.2 Å². The van der Waals surface area contributed by atoms with Crippen molar-refractivity contribution in [3.8, 4) is 5.75 Å². The van der Waals surface area contributed by atoms with Crippen LogP contribution in [0.5, 0.6) is 5.75 Å². The van der Waals surface area contributed by atoms with Gasteiger partial charge >= 0.3 is 0 Å². The number of nitrogens with zero attached hydrogens (tertiary/aromatic N) is 1. The second-order valence-corrected chi connectivity index (χ2v) is 13.9. The van der Waals surface area contributed by atoms with Crippen LogP contribution in [0, 0.1) is 0 Å². The smallest absolute Gasteiger partial charge is 0.256 e. The quantitative estimate of drug-likeness (QED) is 0.477. The van der Waals surface area contributed by atoms with E-state index in [2.05, 4.69) is 10.7 Å². The van der Waals surface area contributed by atoms with Crippen molar-refractivity contribution in [2.45, 2.75) is 36.7 Å². The van der Waals surface area contributed by atoms with Gasteiger partial charge in [-0.15, -0.1) is 4.41 Å². The molecule has 0 spiro atoms. The molecule has 2 fully saturated rings. The van der Waals surface area contributed by atoms with Crippen LogP contribution in [-0.2, 0) is 34.5 Å². The lowest BCUT2D eigenvalue weighted by Gasteiger charge is -2.30. The Hall–Kier alpha value is -1.74. The summed E-state index contributed by atoms with van der Waals surface area (Å²) in [5.41, 5.74) is 2.90. The average molecular weight is 496 g/mol. The number of hydrazine groups is 1. The molecule has 14 heteroatoms. The number of ether oxygens (including phenoxy) is 1. The maximum Gasteiger partial charge on any atom is 0.256 e. The molecule has 2 aliphatic rings. The number of sulfone groups is 2. The SMILES string of the molecule is COc1ccc(S(=O)(=O)N(N[C@H]2CCS(=O)(=O)C2)[C@@H]2CCS(=O)(=O)C2)cc1NC(C)=O. The molecular formula is C17H25N3O8S3. The normalized spacial score (nSPS) is 24.9. The van der Waals surface area contributed by atoms with E-state index in [1.807, 2.05) is 0 Å². The van der Waals surface area contributed by atoms with Gasteiger partial charge in [0.25, 0.3) is 10.0 Å². The molecule has 2 heterocycles. The number of anilines is 1. The van der Waals surface area contributed by atoms with Gasteiger partial charge < -0.3 is 10.1 Å². The first kappa shape index (κ1) is 23.9. The van der Waals surface area contributed by atoms with Crippen molar-refractivity contribution in [2.75, 3.05) is 35.4 Å². The monoisotopic (exact) mass is 495 g/mol. The number of rotatable bonds is 7. The third kappa shape index (κ3) is 5.55. The van der Waals surface area contributed by atoms with Crippen LogP contribution < -0.4 is 15.5 Å². The van der Waals surface area contributed by atoms with Crippen LogP contribution in [0.3, 0.4) is 0 Å². The van der Waals surface area contributed by atoms with Gasteiger partial charge in [-0.25, -0.2) is 30.7 Å². The Balaban J connectivity index is 2.00. The number of amides is 1. The Kier molecular flexibility index (Phi) is 6.68. The van der Waals surface area contributed by atoms with Crippen LogP contribution in [0.1, 0.15) is 19.8 Å². The standard InChI is InChI=1S/C17H25N3O8S3/c1-12(21)18-16-9-15(3-4-17(16)28-2)31(26,27)20(14-6-8-30(24,25)11-14)19-13-5-7-29(22,23)10-13/h3-4,9,13-14,19H,5-8,10-11H2,1-2H3,(H,18,21)/t13-,14+/m0/s1. The lowest BCUT2D eigenvalue weighted by Crippen LogP contribution is -2.54. The molecule has 0 aliphatic carbocycles. The first-order chi connectivity index (χ1) is 14.3. The van der Waals surface area contributed by atoms with E-state index in [0.717, 1.165) is 4.41 Å². The summed E-state index contributed by atoms with van der Waals surface area (Å²) in [6.07, 6.45) is 0.302. The van der Waals surface area contributed by atoms with E-state index in [4.69, 9.17) is 4.74 Å². The Morgan fingerprint density at radius 2 is 1.74 bits per heavy atom. The van der Waals surface area contributed by atoms with Crippen LogP contribution in [0.2, 0.25) is 0 Å². The molecule has 11 nitrogen and oxygen atoms in total. The highest BCUT2D eigenvalue weighted by Gasteiger charge is 2.41. The first-order valence-corrected chi connectivity index (χ1v) is 14.6. The van der Waals surface area contributed by atoms with Crippen LogP contribution >= 0.6 is 0 Å². The molecule has 2 saturated heterocycles. The van der Waals surface area contributed by atoms with E-state index >= 15 is 0 Å². The van der Waals surface area contributed by atoms with Crippen molar-refractivity contribution in [1.29, 1.82) is 0 Å². The number of carbonyl (C=O) groups is 1. The molecule has 0 unspecified atom stereocenters. The van der Waals surface area contributed by atoms with Crippen LogP contribution in [0.4, 0.5) is 5.69 Å². The summed E-state index contributed by atoms with van der Waals surface area (Å²) in [6, 6.07) is 2.34. The highest BCUT2D eigenvalue weighted by molar-refractivity contribution is 7.92. The fourth-order valence-corrected chi connectivity index (χ4v) is 8.71. The second kappa shape index (κ2) is 8.65. The second-order valence-electron chi connectivity index (χ2n) is 7.63. The Bertz CT molecular complexity index is 1180. The Labute approximate surface area is 182 Å². The highest BCUT2D eigenvalue weighted by Crippen LogP contribution is 2.31. The van der Waals surface area contributed by atoms with Gasteiger partial charge in [0.2, 0.25) is 5.91 Å². The fourth-order valence-electron chi connectivity index (χ4n) is 3.66. The van der Waals surface area contributed by atoms with Crippen molar-refractivity contribution >= 4 is 41.3 Å². The Morgan fingerprint density at radius 1 is 1.10 bits per heavy atom. The van der Waals surface area contributed by atoms with E-state index in [9.17, 15) is 30.0 Å². The number of sulfonamides is 1. The zero-order chi connectivity index (χ0) is 23.0. The molecule has 3 rings (SSSR count). The lowest BCUT2D eigenvalue weighted by atomic mass is 10.2. The maximum absolute atomic E-state index is 13.5. The van der Waals surface area contributed by atoms with Gasteiger partial charge in [0, 0.05) is 13.0 Å². The summed E-state index contributed by atoms with van der Waals surface area (Å²) in [6.45, 7) is 1.26. The molecule has 0 saturated carbocycles. The summed E-state index contributed by atoms with van der Waals surface area (Å²) in [7, 11) is -9.63. The topological polar surface area (TPSA) is 156 Å². The van der Waals surface area contributed by atoms with Gasteiger partial charge in [0.1, 0.15) is 5.75 Å². The minimum absolute atomic E-state index is 0.0727. The molecule has 1 amide bonds. The third-order valence-corrected chi connectivity index (χ3v) is 10.4. The van der Waals surface area contributed by atoms with Gasteiger partial charge in [0.05, 0.1) is 46.7 Å². The number of nitrogens with one attached hydrogen (secondary N) is 2. The molecule has 2 aliphatic heterocycles. The van der Waals surface area contributed by atoms with Crippen LogP contribution in [0.15, 0.2) is 23.1 Å². The molecular weight excluding hydrogens is 470 g/mol. The molecule has 0 bridgehead atoms. The van der Waals surface area contributed by atoms with Gasteiger partial charge in [0.15, 0.2) is 19.7 Å². The third-order valence-electron chi connectivity index (χ3n) is 5.12. The predicted octanol–water partition coefficient (Wildman–Crippen LogP) is -0.477. The molecule has 0 aromatic heterocycles. The largest absolute Gasteiger partial charge is 0.495 e. The van der Waals surface area contributed by atoms with Crippen molar-refractivity contribution in [3.05, 3.63) is 18.2 Å². The van der Waals surface area contributed by atoms with E-state index in [1.165, 1.54) is 32.2 Å². The molecule has 1 aromatic carbocycles. The minimum Gasteiger partial charge on any atom is -0.495 e. The van der Waals surface area contributed by atoms with Crippen molar-refractivity contribution < 1.29 is 34.8 Å².